The molecule has 12 nitrogen and oxygen atoms in total. The monoisotopic (exact) mass is 1760 g/mol. The van der Waals surface area contributed by atoms with Gasteiger partial charge in [-0.25, -0.2) is 49.8 Å². The minimum absolute atomic E-state index is 0.656. The summed E-state index contributed by atoms with van der Waals surface area (Å²) in [6.45, 7) is 14.1. The molecule has 0 N–H and O–H groups in total. The van der Waals surface area contributed by atoms with Gasteiger partial charge >= 0.3 is 0 Å². The van der Waals surface area contributed by atoms with E-state index >= 15 is 0 Å². The molecule has 0 unspecified atom stereocenters. The van der Waals surface area contributed by atoms with E-state index in [-0.39, 0.29) is 0 Å². The summed E-state index contributed by atoms with van der Waals surface area (Å²) in [6, 6.07) is 142. The van der Waals surface area contributed by atoms with Crippen molar-refractivity contribution < 1.29 is 0 Å². The van der Waals surface area contributed by atoms with Gasteiger partial charge in [0.2, 0.25) is 0 Å². The first-order chi connectivity index (χ1) is 67.1. The van der Waals surface area contributed by atoms with Crippen LogP contribution in [0.4, 0.5) is 0 Å². The lowest BCUT2D eigenvalue weighted by Crippen LogP contribution is -2.00. The second kappa shape index (κ2) is 36.8. The second-order valence-corrected chi connectivity index (χ2v) is 35.1. The van der Waals surface area contributed by atoms with Crippen molar-refractivity contribution in [2.45, 2.75) is 48.5 Å². The minimum atomic E-state index is 0.656. The van der Waals surface area contributed by atoms with E-state index in [1.54, 1.807) is 0 Å². The molecule has 0 bridgehead atoms. The summed E-state index contributed by atoms with van der Waals surface area (Å²) in [6.07, 6.45) is 3.86. The van der Waals surface area contributed by atoms with Crippen LogP contribution in [0, 0.1) is 48.5 Å². The number of hydrogen-bond donors (Lipinski definition) is 0. The Morgan fingerprint density at radius 1 is 0.161 bits per heavy atom. The zero-order chi connectivity index (χ0) is 92.6. The summed E-state index contributed by atoms with van der Waals surface area (Å²) >= 11 is 0. The molecule has 0 aliphatic heterocycles. The van der Waals surface area contributed by atoms with Crippen LogP contribution in [-0.4, -0.2) is 59.8 Å². The number of benzene rings is 17. The molecule has 0 radical (unpaired) electrons. The van der Waals surface area contributed by atoms with Gasteiger partial charge in [0.1, 0.15) is 5.82 Å². The van der Waals surface area contributed by atoms with Gasteiger partial charge in [-0.05, 0) is 267 Å². The van der Waals surface area contributed by atoms with Gasteiger partial charge in [-0.3, -0.25) is 9.97 Å². The average Bonchev–Trinajstić information content (AvgIpc) is 0.727. The molecular weight excluding hydrogens is 1670 g/mol. The summed E-state index contributed by atoms with van der Waals surface area (Å²) in [7, 11) is 0. The van der Waals surface area contributed by atoms with Gasteiger partial charge in [0.15, 0.2) is 23.3 Å². The molecule has 17 aromatic carbocycles. The van der Waals surface area contributed by atoms with Crippen LogP contribution in [0.5, 0.6) is 0 Å². The Labute approximate surface area is 795 Å². The van der Waals surface area contributed by atoms with Gasteiger partial charge in [0.05, 0.1) is 34.2 Å². The predicted molar refractivity (Wildman–Crippen MR) is 564 cm³/mol. The van der Waals surface area contributed by atoms with Crippen LogP contribution in [0.15, 0.2) is 419 Å². The van der Waals surface area contributed by atoms with Gasteiger partial charge < -0.3 is 0 Å². The number of fused-ring (bicyclic) bond motifs is 3. The number of nitrogens with zero attached hydrogens (tertiary/aromatic N) is 12. The lowest BCUT2D eigenvalue weighted by Gasteiger charge is -2.18. The van der Waals surface area contributed by atoms with Crippen molar-refractivity contribution in [1.82, 2.24) is 59.8 Å². The molecule has 24 rings (SSSR count). The summed E-state index contributed by atoms with van der Waals surface area (Å²) in [4.78, 5) is 59.3. The summed E-state index contributed by atoms with van der Waals surface area (Å²) in [5.74, 6) is 3.48. The van der Waals surface area contributed by atoms with Crippen molar-refractivity contribution in [3.05, 3.63) is 459 Å². The largest absolute Gasteiger partial charge is 0.261 e. The van der Waals surface area contributed by atoms with E-state index < -0.39 is 0 Å². The highest BCUT2D eigenvalue weighted by Crippen LogP contribution is 2.46. The Morgan fingerprint density at radius 2 is 0.482 bits per heavy atom. The van der Waals surface area contributed by atoms with Gasteiger partial charge in [0.25, 0.3) is 0 Å². The third kappa shape index (κ3) is 17.8. The molecule has 0 aliphatic carbocycles. The van der Waals surface area contributed by atoms with E-state index in [2.05, 4.69) is 351 Å². The standard InChI is InChI=1S/C45H32N4.C42H30N4.C38H28N4/c1-27-42(28(2)47-29(3)46-27)37-23-35(39-25-34-18-10-16-31-20-21-32-17-11-19-38(39)44(32)43(31)34)22-36(24-37)41-26-40(30-12-6-4-7-13-30)48-45(49-41)33-14-8-5-9-15-33;1-27-11-13-35(25-43-27)37-21-38(36-14-12-28(2)44-26-36)23-39(22-37)42-45-40(33-17-15-29-7-3-5-9-31(29)19-33)24-41(46-42)34-18-16-30-8-4-6-10-32(30)20-34;1-25-19-26(2)40-37(39-25)33-21-32(31-18-17-27-11-9-10-16-30(27)20-31)22-34(23-33)38-41-35(28-12-5-3-6-13-28)24-36(42-38)29-14-7-4-8-15-29/h4-26H,1-3H3;3-26H,1-2H3;3-24H,1-2H3. The van der Waals surface area contributed by atoms with Crippen molar-refractivity contribution in [3.63, 3.8) is 0 Å². The molecule has 0 amide bonds. The van der Waals surface area contributed by atoms with Crippen molar-refractivity contribution in [1.29, 1.82) is 0 Å². The molecule has 12 heteroatoms. The number of aryl methyl sites for hydroxylation is 7. The minimum Gasteiger partial charge on any atom is -0.261 e. The van der Waals surface area contributed by atoms with Crippen LogP contribution in [-0.2, 0) is 0 Å². The smallest absolute Gasteiger partial charge is 0.160 e. The molecule has 7 heterocycles. The first kappa shape index (κ1) is 84.8. The van der Waals surface area contributed by atoms with Crippen LogP contribution in [0.2, 0.25) is 0 Å². The fourth-order valence-corrected chi connectivity index (χ4v) is 18.7. The van der Waals surface area contributed by atoms with E-state index in [1.807, 2.05) is 126 Å². The van der Waals surface area contributed by atoms with Crippen molar-refractivity contribution in [3.8, 4) is 169 Å². The Bertz CT molecular complexity index is 8390. The first-order valence-corrected chi connectivity index (χ1v) is 46.2. The predicted octanol–water partition coefficient (Wildman–Crippen LogP) is 31.3. The molecule has 0 saturated carbocycles. The Hall–Kier alpha value is -17.7. The number of aromatic nitrogens is 12. The third-order valence-corrected chi connectivity index (χ3v) is 25.4. The molecule has 137 heavy (non-hydrogen) atoms. The average molecular weight is 1760 g/mol. The molecule has 0 saturated heterocycles. The maximum Gasteiger partial charge on any atom is 0.160 e. The molecule has 650 valence electrons. The van der Waals surface area contributed by atoms with Crippen molar-refractivity contribution in [2.24, 2.45) is 0 Å². The SMILES string of the molecule is Cc1cc(C)nc(-c2cc(-c3ccc4ccccc4c3)cc(-c3nc(-c4ccccc4)cc(-c4ccccc4)n3)c2)n1.Cc1ccc(-c2cc(-c3ccc(C)nc3)cc(-c3nc(-c4ccc5ccccc5c4)cc(-c4ccc5ccccc5c4)n3)c2)cn1.Cc1nc(C)c(-c2cc(-c3cc(-c4ccccc4)nc(-c4ccccc4)n3)cc(-c3cc4cccc5ccc6cccc3c6c54)c2)c(C)n1. The zero-order valence-electron chi connectivity index (χ0n) is 76.7. The van der Waals surface area contributed by atoms with Gasteiger partial charge in [-0.2, -0.15) is 0 Å². The fraction of sp³-hybridized carbons (Fsp3) is 0.0560. The number of rotatable bonds is 15. The molecule has 0 atom stereocenters. The van der Waals surface area contributed by atoms with E-state index in [0.29, 0.717) is 23.3 Å². The summed E-state index contributed by atoms with van der Waals surface area (Å²) in [5.41, 5.74) is 31.7. The van der Waals surface area contributed by atoms with Crippen LogP contribution < -0.4 is 0 Å². The molecule has 0 spiro atoms. The normalized spacial score (nSPS) is 11.3. The van der Waals surface area contributed by atoms with E-state index in [9.17, 15) is 0 Å². The van der Waals surface area contributed by atoms with E-state index in [1.165, 1.54) is 70.2 Å². The third-order valence-electron chi connectivity index (χ3n) is 25.4. The molecule has 0 aliphatic rings. The second-order valence-electron chi connectivity index (χ2n) is 35.1. The number of pyridine rings is 2. The highest BCUT2D eigenvalue weighted by molar-refractivity contribution is 6.26. The summed E-state index contributed by atoms with van der Waals surface area (Å²) < 4.78 is 0. The fourth-order valence-electron chi connectivity index (χ4n) is 18.7. The van der Waals surface area contributed by atoms with Crippen LogP contribution in [0.3, 0.4) is 0 Å². The Kier molecular flexibility index (Phi) is 22.8. The zero-order valence-corrected chi connectivity index (χ0v) is 76.7. The lowest BCUT2D eigenvalue weighted by molar-refractivity contribution is 0.981. The summed E-state index contributed by atoms with van der Waals surface area (Å²) in [5, 5.41) is 14.7. The van der Waals surface area contributed by atoms with Gasteiger partial charge in [-0.15, -0.1) is 0 Å². The Morgan fingerprint density at radius 3 is 0.942 bits per heavy atom. The van der Waals surface area contributed by atoms with Crippen LogP contribution in [0.25, 0.3) is 233 Å². The quantitative estimate of drug-likeness (QED) is 0.0897. The lowest BCUT2D eigenvalue weighted by atomic mass is 9.87. The molecule has 24 aromatic rings. The highest BCUT2D eigenvalue weighted by atomic mass is 14.9. The van der Waals surface area contributed by atoms with Gasteiger partial charge in [0, 0.05) is 119 Å². The van der Waals surface area contributed by atoms with Crippen LogP contribution in [0.1, 0.15) is 40.0 Å². The van der Waals surface area contributed by atoms with E-state index in [4.69, 9.17) is 49.8 Å². The van der Waals surface area contributed by atoms with E-state index in [0.717, 1.165) is 180 Å². The van der Waals surface area contributed by atoms with Crippen molar-refractivity contribution in [2.75, 3.05) is 0 Å². The maximum absolute atomic E-state index is 5.22. The highest BCUT2D eigenvalue weighted by Gasteiger charge is 2.23. The molecule has 0 fully saturated rings. The first-order valence-electron chi connectivity index (χ1n) is 46.2. The Balaban J connectivity index is 0.000000119. The number of hydrogen-bond acceptors (Lipinski definition) is 12. The molecule has 7 aromatic heterocycles. The molecular formula is C125H90N12. The van der Waals surface area contributed by atoms with Crippen LogP contribution >= 0.6 is 0 Å². The maximum atomic E-state index is 5.22. The van der Waals surface area contributed by atoms with Crippen molar-refractivity contribution >= 4 is 64.6 Å². The van der Waals surface area contributed by atoms with Gasteiger partial charge in [-0.1, -0.05) is 291 Å². The topological polar surface area (TPSA) is 155 Å².